The van der Waals surface area contributed by atoms with Crippen molar-refractivity contribution in [3.8, 4) is 11.4 Å². The van der Waals surface area contributed by atoms with Crippen molar-refractivity contribution in [2.75, 3.05) is 0 Å². The van der Waals surface area contributed by atoms with Crippen molar-refractivity contribution in [3.05, 3.63) is 47.8 Å². The van der Waals surface area contributed by atoms with Crippen molar-refractivity contribution >= 4 is 0 Å². The van der Waals surface area contributed by atoms with Gasteiger partial charge in [0.2, 0.25) is 0 Å². The summed E-state index contributed by atoms with van der Waals surface area (Å²) in [6.45, 7) is 4.56. The Morgan fingerprint density at radius 2 is 0.875 bits per heavy atom. The van der Waals surface area contributed by atoms with Gasteiger partial charge in [-0.05, 0) is 36.8 Å². The summed E-state index contributed by atoms with van der Waals surface area (Å²) in [7, 11) is 0. The first kappa shape index (κ1) is 26.6. The van der Waals surface area contributed by atoms with E-state index >= 15 is 0 Å². The standard InChI is InChI=1S/C30H48N2/c1-3-5-7-9-11-12-14-16-18-20-28-25-31-30(32-26-28)29-23-21-27(22-24-29)19-17-15-13-10-8-6-4-2/h21-26H,3-20H2,1-2H3. The second kappa shape index (κ2) is 17.8. The van der Waals surface area contributed by atoms with Crippen LogP contribution in [-0.2, 0) is 12.8 Å². The quantitative estimate of drug-likeness (QED) is 0.205. The Kier molecular flexibility index (Phi) is 14.8. The third kappa shape index (κ3) is 11.8. The molecule has 0 amide bonds. The average Bonchev–Trinajstić information content (AvgIpc) is 2.83. The SMILES string of the molecule is CCCCCCCCCCCc1cnc(-c2ccc(CCCCCCCCC)cc2)nc1. The second-order valence-electron chi connectivity index (χ2n) is 9.56. The Balaban J connectivity index is 1.60. The number of aryl methyl sites for hydroxylation is 2. The maximum Gasteiger partial charge on any atom is 0.159 e. The van der Waals surface area contributed by atoms with Crippen LogP contribution in [0.3, 0.4) is 0 Å². The van der Waals surface area contributed by atoms with Crippen molar-refractivity contribution in [1.82, 2.24) is 9.97 Å². The van der Waals surface area contributed by atoms with Gasteiger partial charge < -0.3 is 0 Å². The van der Waals surface area contributed by atoms with Crippen LogP contribution in [0, 0.1) is 0 Å². The summed E-state index contributed by atoms with van der Waals surface area (Å²) in [4.78, 5) is 9.27. The lowest BCUT2D eigenvalue weighted by Gasteiger charge is -2.06. The highest BCUT2D eigenvalue weighted by Gasteiger charge is 2.03. The van der Waals surface area contributed by atoms with Crippen LogP contribution in [0.5, 0.6) is 0 Å². The molecule has 0 saturated heterocycles. The summed E-state index contributed by atoms with van der Waals surface area (Å²) in [6, 6.07) is 8.89. The molecule has 0 aliphatic heterocycles. The Morgan fingerprint density at radius 3 is 1.34 bits per heavy atom. The first-order valence-corrected chi connectivity index (χ1v) is 13.7. The number of unbranched alkanes of at least 4 members (excludes halogenated alkanes) is 14. The predicted octanol–water partition coefficient (Wildman–Crippen LogP) is 9.51. The van der Waals surface area contributed by atoms with Crippen LogP contribution in [0.15, 0.2) is 36.7 Å². The van der Waals surface area contributed by atoms with E-state index in [9.17, 15) is 0 Å². The van der Waals surface area contributed by atoms with Crippen LogP contribution in [0.4, 0.5) is 0 Å². The van der Waals surface area contributed by atoms with Crippen molar-refractivity contribution < 1.29 is 0 Å². The van der Waals surface area contributed by atoms with Crippen molar-refractivity contribution in [2.24, 2.45) is 0 Å². The molecule has 32 heavy (non-hydrogen) atoms. The molecule has 178 valence electrons. The molecule has 1 aromatic carbocycles. The number of aromatic nitrogens is 2. The van der Waals surface area contributed by atoms with Gasteiger partial charge in [-0.3, -0.25) is 0 Å². The molecule has 2 nitrogen and oxygen atoms in total. The lowest BCUT2D eigenvalue weighted by molar-refractivity contribution is 0.564. The van der Waals surface area contributed by atoms with E-state index in [1.54, 1.807) is 0 Å². The van der Waals surface area contributed by atoms with Gasteiger partial charge in [-0.15, -0.1) is 0 Å². The highest BCUT2D eigenvalue weighted by atomic mass is 14.9. The van der Waals surface area contributed by atoms with E-state index < -0.39 is 0 Å². The minimum atomic E-state index is 0.850. The van der Waals surface area contributed by atoms with Gasteiger partial charge in [0.05, 0.1) is 0 Å². The lowest BCUT2D eigenvalue weighted by atomic mass is 10.0. The molecule has 0 aliphatic carbocycles. The normalized spacial score (nSPS) is 11.2. The fourth-order valence-corrected chi connectivity index (χ4v) is 4.38. The summed E-state index contributed by atoms with van der Waals surface area (Å²) >= 11 is 0. The molecule has 2 aromatic rings. The molecule has 0 atom stereocenters. The summed E-state index contributed by atoms with van der Waals surface area (Å²) in [5.74, 6) is 0.850. The van der Waals surface area contributed by atoms with Gasteiger partial charge in [0, 0.05) is 18.0 Å². The summed E-state index contributed by atoms with van der Waals surface area (Å²) in [6.07, 6.45) is 28.3. The van der Waals surface area contributed by atoms with Crippen molar-refractivity contribution in [3.63, 3.8) is 0 Å². The fourth-order valence-electron chi connectivity index (χ4n) is 4.38. The largest absolute Gasteiger partial charge is 0.236 e. The molecule has 0 N–H and O–H groups in total. The maximum absolute atomic E-state index is 4.64. The van der Waals surface area contributed by atoms with Gasteiger partial charge in [-0.25, -0.2) is 9.97 Å². The second-order valence-corrected chi connectivity index (χ2v) is 9.56. The third-order valence-corrected chi connectivity index (χ3v) is 6.56. The zero-order valence-corrected chi connectivity index (χ0v) is 21.1. The van der Waals surface area contributed by atoms with E-state index in [1.807, 2.05) is 12.4 Å². The number of hydrogen-bond donors (Lipinski definition) is 0. The van der Waals surface area contributed by atoms with Crippen molar-refractivity contribution in [1.29, 1.82) is 0 Å². The molecule has 0 saturated carbocycles. The number of hydrogen-bond acceptors (Lipinski definition) is 2. The van der Waals surface area contributed by atoms with Gasteiger partial charge in [0.1, 0.15) is 0 Å². The summed E-state index contributed by atoms with van der Waals surface area (Å²) < 4.78 is 0. The van der Waals surface area contributed by atoms with Crippen molar-refractivity contribution in [2.45, 2.75) is 129 Å². The Hall–Kier alpha value is -1.70. The molecule has 0 fully saturated rings. The van der Waals surface area contributed by atoms with Gasteiger partial charge in [-0.1, -0.05) is 128 Å². The van der Waals surface area contributed by atoms with E-state index in [0.717, 1.165) is 17.8 Å². The van der Waals surface area contributed by atoms with E-state index in [4.69, 9.17) is 0 Å². The summed E-state index contributed by atoms with van der Waals surface area (Å²) in [5, 5.41) is 0. The van der Waals surface area contributed by atoms with Crippen LogP contribution in [0.1, 0.15) is 128 Å². The van der Waals surface area contributed by atoms with E-state index in [1.165, 1.54) is 120 Å². The molecule has 0 bridgehead atoms. The van der Waals surface area contributed by atoms with Gasteiger partial charge in [0.25, 0.3) is 0 Å². The Morgan fingerprint density at radius 1 is 0.469 bits per heavy atom. The first-order valence-electron chi connectivity index (χ1n) is 13.7. The molecular formula is C30H48N2. The molecule has 1 heterocycles. The molecule has 2 heteroatoms. The Labute approximate surface area is 198 Å². The smallest absolute Gasteiger partial charge is 0.159 e. The van der Waals surface area contributed by atoms with Crippen LogP contribution in [0.2, 0.25) is 0 Å². The number of benzene rings is 1. The highest BCUT2D eigenvalue weighted by molar-refractivity contribution is 5.55. The highest BCUT2D eigenvalue weighted by Crippen LogP contribution is 2.18. The van der Waals surface area contributed by atoms with E-state index in [2.05, 4.69) is 48.1 Å². The molecule has 1 aromatic heterocycles. The lowest BCUT2D eigenvalue weighted by Crippen LogP contribution is -1.94. The molecule has 2 rings (SSSR count). The molecule has 0 radical (unpaired) electrons. The molecule has 0 unspecified atom stereocenters. The zero-order chi connectivity index (χ0) is 22.7. The maximum atomic E-state index is 4.64. The fraction of sp³-hybridized carbons (Fsp3) is 0.667. The van der Waals surface area contributed by atoms with E-state index in [-0.39, 0.29) is 0 Å². The molecule has 0 spiro atoms. The van der Waals surface area contributed by atoms with Crippen LogP contribution < -0.4 is 0 Å². The first-order chi connectivity index (χ1) is 15.8. The van der Waals surface area contributed by atoms with Crippen LogP contribution in [0.25, 0.3) is 11.4 Å². The minimum Gasteiger partial charge on any atom is -0.236 e. The minimum absolute atomic E-state index is 0.850. The zero-order valence-electron chi connectivity index (χ0n) is 21.1. The average molecular weight is 437 g/mol. The Bertz CT molecular complexity index is 675. The molecular weight excluding hydrogens is 388 g/mol. The number of rotatable bonds is 19. The topological polar surface area (TPSA) is 25.8 Å². The molecule has 0 aliphatic rings. The number of nitrogens with zero attached hydrogens (tertiary/aromatic N) is 2. The van der Waals surface area contributed by atoms with Crippen LogP contribution in [-0.4, -0.2) is 9.97 Å². The van der Waals surface area contributed by atoms with Gasteiger partial charge >= 0.3 is 0 Å². The van der Waals surface area contributed by atoms with E-state index in [0.29, 0.717) is 0 Å². The monoisotopic (exact) mass is 436 g/mol. The third-order valence-electron chi connectivity index (χ3n) is 6.56. The summed E-state index contributed by atoms with van der Waals surface area (Å²) in [5.41, 5.74) is 3.83. The van der Waals surface area contributed by atoms with Gasteiger partial charge in [-0.2, -0.15) is 0 Å². The predicted molar refractivity (Wildman–Crippen MR) is 140 cm³/mol. The van der Waals surface area contributed by atoms with Crippen LogP contribution >= 0.6 is 0 Å². The van der Waals surface area contributed by atoms with Gasteiger partial charge in [0.15, 0.2) is 5.82 Å².